The second-order valence-corrected chi connectivity index (χ2v) is 7.36. The summed E-state index contributed by atoms with van der Waals surface area (Å²) < 4.78 is 24.2. The molecule has 3 aromatic rings. The van der Waals surface area contributed by atoms with Gasteiger partial charge in [-0.05, 0) is 38.5 Å². The molecular weight excluding hydrogens is 361 g/mol. The molecular formula is C21H22FN3O3. The lowest BCUT2D eigenvalue weighted by Crippen LogP contribution is -2.36. The number of nitrogens with one attached hydrogen (secondary N) is 1. The molecule has 0 fully saturated rings. The minimum absolute atomic E-state index is 0.217. The van der Waals surface area contributed by atoms with Crippen molar-refractivity contribution in [3.63, 3.8) is 0 Å². The summed E-state index contributed by atoms with van der Waals surface area (Å²) in [5.41, 5.74) is 0.836. The molecule has 0 saturated carbocycles. The number of ether oxygens (including phenoxy) is 1. The van der Waals surface area contributed by atoms with Gasteiger partial charge in [0, 0.05) is 12.0 Å². The fourth-order valence-corrected chi connectivity index (χ4v) is 2.62. The molecule has 1 heterocycles. The maximum absolute atomic E-state index is 13.5. The molecule has 7 heteroatoms. The minimum atomic E-state index is -0.636. The van der Waals surface area contributed by atoms with Crippen LogP contribution in [0.15, 0.2) is 59.1 Å². The van der Waals surface area contributed by atoms with Crippen LogP contribution in [0.4, 0.5) is 9.18 Å². The smallest absolute Gasteiger partial charge is 0.408 e. The summed E-state index contributed by atoms with van der Waals surface area (Å²) in [5.74, 6) is 0.0732. The van der Waals surface area contributed by atoms with Crippen LogP contribution in [0.5, 0.6) is 0 Å². The number of rotatable bonds is 5. The van der Waals surface area contributed by atoms with Crippen LogP contribution in [0.3, 0.4) is 0 Å². The van der Waals surface area contributed by atoms with E-state index in [9.17, 15) is 9.18 Å². The number of carbonyl (C=O) groups is 1. The number of hydrogen-bond donors (Lipinski definition) is 1. The normalized spacial score (nSPS) is 12.4. The fraction of sp³-hybridized carbons (Fsp3) is 0.286. The predicted molar refractivity (Wildman–Crippen MR) is 102 cm³/mol. The van der Waals surface area contributed by atoms with Crippen molar-refractivity contribution >= 4 is 6.09 Å². The molecule has 0 radical (unpaired) electrons. The molecule has 1 aromatic heterocycles. The zero-order valence-electron chi connectivity index (χ0n) is 16.0. The van der Waals surface area contributed by atoms with Gasteiger partial charge in [0.25, 0.3) is 0 Å². The molecule has 0 aliphatic rings. The first-order valence-electron chi connectivity index (χ1n) is 8.93. The van der Waals surface area contributed by atoms with Crippen molar-refractivity contribution in [2.24, 2.45) is 0 Å². The number of halogens is 1. The van der Waals surface area contributed by atoms with E-state index in [0.29, 0.717) is 12.0 Å². The van der Waals surface area contributed by atoms with Crippen molar-refractivity contribution in [2.45, 2.75) is 38.8 Å². The minimum Gasteiger partial charge on any atom is -0.444 e. The average Bonchev–Trinajstić information content (AvgIpc) is 3.10. The monoisotopic (exact) mass is 383 g/mol. The van der Waals surface area contributed by atoms with Crippen LogP contribution in [-0.2, 0) is 11.2 Å². The Morgan fingerprint density at radius 3 is 2.61 bits per heavy atom. The highest BCUT2D eigenvalue weighted by molar-refractivity contribution is 5.68. The molecule has 2 aromatic carbocycles. The molecule has 146 valence electrons. The first-order chi connectivity index (χ1) is 13.3. The van der Waals surface area contributed by atoms with Gasteiger partial charge in [-0.1, -0.05) is 47.6 Å². The summed E-state index contributed by atoms with van der Waals surface area (Å²) in [6.45, 7) is 5.36. The van der Waals surface area contributed by atoms with Crippen molar-refractivity contribution in [1.29, 1.82) is 0 Å². The predicted octanol–water partition coefficient (Wildman–Crippen LogP) is 4.68. The zero-order chi connectivity index (χ0) is 20.1. The van der Waals surface area contributed by atoms with Crippen LogP contribution >= 0.6 is 0 Å². The molecule has 0 aliphatic carbocycles. The first-order valence-corrected chi connectivity index (χ1v) is 8.93. The molecule has 1 amide bonds. The van der Waals surface area contributed by atoms with Crippen molar-refractivity contribution in [3.05, 3.63) is 71.9 Å². The van der Waals surface area contributed by atoms with Crippen LogP contribution in [0.1, 0.15) is 38.3 Å². The quantitative estimate of drug-likeness (QED) is 0.692. The van der Waals surface area contributed by atoms with E-state index in [2.05, 4.69) is 15.5 Å². The largest absolute Gasteiger partial charge is 0.444 e. The molecule has 0 saturated heterocycles. The van der Waals surface area contributed by atoms with E-state index in [1.807, 2.05) is 30.3 Å². The standard InChI is InChI=1S/C21H22FN3O3/c1-21(2,3)27-20(26)23-17(12-14-8-5-4-6-9-14)19-24-18(25-28-19)15-10-7-11-16(22)13-15/h4-11,13,17H,12H2,1-3H3,(H,23,26). The summed E-state index contributed by atoms with van der Waals surface area (Å²) in [5, 5.41) is 6.71. The van der Waals surface area contributed by atoms with Gasteiger partial charge in [0.2, 0.25) is 11.7 Å². The Hall–Kier alpha value is -3.22. The van der Waals surface area contributed by atoms with E-state index in [-0.39, 0.29) is 11.7 Å². The Morgan fingerprint density at radius 2 is 1.93 bits per heavy atom. The average molecular weight is 383 g/mol. The van der Waals surface area contributed by atoms with Crippen LogP contribution in [0, 0.1) is 5.82 Å². The Labute approximate surface area is 162 Å². The Morgan fingerprint density at radius 1 is 1.18 bits per heavy atom. The second kappa shape index (κ2) is 8.21. The maximum Gasteiger partial charge on any atom is 0.408 e. The summed E-state index contributed by atoms with van der Waals surface area (Å²) in [4.78, 5) is 16.6. The Kier molecular flexibility index (Phi) is 5.73. The Balaban J connectivity index is 1.85. The molecule has 3 rings (SSSR count). The van der Waals surface area contributed by atoms with E-state index in [1.165, 1.54) is 12.1 Å². The van der Waals surface area contributed by atoms with Gasteiger partial charge in [-0.15, -0.1) is 0 Å². The Bertz CT molecular complexity index is 935. The molecule has 28 heavy (non-hydrogen) atoms. The first kappa shape index (κ1) is 19.5. The summed E-state index contributed by atoms with van der Waals surface area (Å²) >= 11 is 0. The highest BCUT2D eigenvalue weighted by atomic mass is 19.1. The second-order valence-electron chi connectivity index (χ2n) is 7.36. The molecule has 0 aliphatic heterocycles. The van der Waals surface area contributed by atoms with Crippen LogP contribution < -0.4 is 5.32 Å². The van der Waals surface area contributed by atoms with E-state index < -0.39 is 23.6 Å². The van der Waals surface area contributed by atoms with Gasteiger partial charge in [-0.25, -0.2) is 9.18 Å². The maximum atomic E-state index is 13.5. The molecule has 0 spiro atoms. The lowest BCUT2D eigenvalue weighted by atomic mass is 10.1. The molecule has 1 N–H and O–H groups in total. The van der Waals surface area contributed by atoms with Gasteiger partial charge in [0.05, 0.1) is 0 Å². The van der Waals surface area contributed by atoms with Gasteiger partial charge in [-0.3, -0.25) is 0 Å². The van der Waals surface area contributed by atoms with Crippen LogP contribution in [0.25, 0.3) is 11.4 Å². The van der Waals surface area contributed by atoms with E-state index in [4.69, 9.17) is 9.26 Å². The number of nitrogens with zero attached hydrogens (tertiary/aromatic N) is 2. The van der Waals surface area contributed by atoms with Crippen LogP contribution in [-0.4, -0.2) is 21.8 Å². The van der Waals surface area contributed by atoms with Crippen molar-refractivity contribution < 1.29 is 18.4 Å². The number of hydrogen-bond acceptors (Lipinski definition) is 5. The zero-order valence-corrected chi connectivity index (χ0v) is 16.0. The number of amides is 1. The molecule has 1 unspecified atom stereocenters. The van der Waals surface area contributed by atoms with Gasteiger partial charge in [0.15, 0.2) is 0 Å². The van der Waals surface area contributed by atoms with E-state index in [1.54, 1.807) is 32.9 Å². The van der Waals surface area contributed by atoms with Crippen molar-refractivity contribution in [1.82, 2.24) is 15.5 Å². The summed E-state index contributed by atoms with van der Waals surface area (Å²) in [6, 6.07) is 14.9. The highest BCUT2D eigenvalue weighted by Gasteiger charge is 2.25. The third-order valence-electron chi connectivity index (χ3n) is 3.80. The van der Waals surface area contributed by atoms with Crippen LogP contribution in [0.2, 0.25) is 0 Å². The SMILES string of the molecule is CC(C)(C)OC(=O)NC(Cc1ccccc1)c1nc(-c2cccc(F)c2)no1. The molecule has 0 bridgehead atoms. The van der Waals surface area contributed by atoms with Gasteiger partial charge >= 0.3 is 6.09 Å². The lowest BCUT2D eigenvalue weighted by Gasteiger charge is -2.22. The number of carbonyl (C=O) groups excluding carboxylic acids is 1. The van der Waals surface area contributed by atoms with E-state index in [0.717, 1.165) is 5.56 Å². The molecule has 6 nitrogen and oxygen atoms in total. The van der Waals surface area contributed by atoms with Gasteiger partial charge in [0.1, 0.15) is 17.5 Å². The van der Waals surface area contributed by atoms with Crippen molar-refractivity contribution in [3.8, 4) is 11.4 Å². The summed E-state index contributed by atoms with van der Waals surface area (Å²) in [7, 11) is 0. The highest BCUT2D eigenvalue weighted by Crippen LogP contribution is 2.22. The number of benzene rings is 2. The fourth-order valence-electron chi connectivity index (χ4n) is 2.62. The van der Waals surface area contributed by atoms with Crippen molar-refractivity contribution in [2.75, 3.05) is 0 Å². The van der Waals surface area contributed by atoms with Gasteiger partial charge in [-0.2, -0.15) is 4.98 Å². The number of alkyl carbamates (subject to hydrolysis) is 1. The topological polar surface area (TPSA) is 77.2 Å². The third kappa shape index (κ3) is 5.39. The molecule has 1 atom stereocenters. The number of aromatic nitrogens is 2. The van der Waals surface area contributed by atoms with E-state index >= 15 is 0 Å². The third-order valence-corrected chi connectivity index (χ3v) is 3.80. The lowest BCUT2D eigenvalue weighted by molar-refractivity contribution is 0.0493. The summed E-state index contributed by atoms with van der Waals surface area (Å²) in [6.07, 6.45) is -0.149. The van der Waals surface area contributed by atoms with Gasteiger partial charge < -0.3 is 14.6 Å².